The molecule has 0 spiro atoms. The standard InChI is InChI=1S/C10H22O5.2C6H14O3.CH2Cl2/c1-11-3-5-13-7-9-15-10-8-14-6-4-12-2;2*1-7-3-5-9-6-4-8-2;2-1-3/h3-10H2,1-2H3;2*3-6H2,1-2H3;1H2. The molecule has 0 aromatic heterocycles. The second-order valence-corrected chi connectivity index (χ2v) is 6.93. The van der Waals surface area contributed by atoms with Crippen molar-refractivity contribution >= 4 is 23.2 Å². The largest absolute Gasteiger partial charge is 0.382 e. The van der Waals surface area contributed by atoms with Gasteiger partial charge in [0.2, 0.25) is 0 Å². The Balaban J connectivity index is -0.000000211. The molecule has 13 heteroatoms. The number of rotatable bonds is 24. The van der Waals surface area contributed by atoms with Gasteiger partial charge in [-0.1, -0.05) is 0 Å². The summed E-state index contributed by atoms with van der Waals surface area (Å²) >= 11 is 9.53. The van der Waals surface area contributed by atoms with Crippen molar-refractivity contribution in [3.05, 3.63) is 0 Å². The maximum absolute atomic E-state index is 5.26. The van der Waals surface area contributed by atoms with Crippen LogP contribution in [-0.2, 0) is 52.1 Å². The van der Waals surface area contributed by atoms with Crippen LogP contribution in [-0.4, -0.2) is 154 Å². The lowest BCUT2D eigenvalue weighted by atomic mass is 10.7. The Labute approximate surface area is 229 Å². The summed E-state index contributed by atoms with van der Waals surface area (Å²) in [5.41, 5.74) is 0. The first-order valence-electron chi connectivity index (χ1n) is 11.6. The molecule has 0 aromatic carbocycles. The van der Waals surface area contributed by atoms with E-state index in [-0.39, 0.29) is 5.34 Å². The highest BCUT2D eigenvalue weighted by molar-refractivity contribution is 6.40. The van der Waals surface area contributed by atoms with Crippen LogP contribution in [0.3, 0.4) is 0 Å². The molecule has 0 saturated heterocycles. The molecule has 0 aliphatic heterocycles. The minimum atomic E-state index is 0.194. The van der Waals surface area contributed by atoms with Crippen molar-refractivity contribution < 1.29 is 52.1 Å². The molecular formula is C23H52Cl2O11. The van der Waals surface area contributed by atoms with Gasteiger partial charge in [-0.25, -0.2) is 0 Å². The van der Waals surface area contributed by atoms with E-state index in [0.717, 1.165) is 0 Å². The Kier molecular flexibility index (Phi) is 62.1. The van der Waals surface area contributed by atoms with Crippen LogP contribution >= 0.6 is 23.2 Å². The number of hydrogen-bond donors (Lipinski definition) is 0. The fourth-order valence-electron chi connectivity index (χ4n) is 1.60. The average molecular weight is 576 g/mol. The zero-order valence-corrected chi connectivity index (χ0v) is 24.8. The molecule has 0 bridgehead atoms. The molecule has 0 N–H and O–H groups in total. The molecule has 0 fully saturated rings. The summed E-state index contributed by atoms with van der Waals surface area (Å²) in [5.74, 6) is 0. The van der Waals surface area contributed by atoms with E-state index in [2.05, 4.69) is 0 Å². The third kappa shape index (κ3) is 64.3. The molecule has 36 heavy (non-hydrogen) atoms. The minimum Gasteiger partial charge on any atom is -0.382 e. The first-order chi connectivity index (χ1) is 17.7. The molecule has 11 nitrogen and oxygen atoms in total. The van der Waals surface area contributed by atoms with E-state index in [4.69, 9.17) is 75.3 Å². The van der Waals surface area contributed by atoms with Crippen LogP contribution in [0.15, 0.2) is 0 Å². The van der Waals surface area contributed by atoms with Gasteiger partial charge in [-0.15, -0.1) is 23.2 Å². The molecule has 0 radical (unpaired) electrons. The molecule has 0 rings (SSSR count). The topological polar surface area (TPSA) is 102 Å². The number of halogens is 2. The summed E-state index contributed by atoms with van der Waals surface area (Å²) in [7, 11) is 9.91. The molecule has 0 saturated carbocycles. The van der Waals surface area contributed by atoms with Crippen molar-refractivity contribution in [2.24, 2.45) is 0 Å². The Morgan fingerprint density at radius 3 is 0.500 bits per heavy atom. The zero-order valence-electron chi connectivity index (χ0n) is 23.3. The first-order valence-corrected chi connectivity index (χ1v) is 12.7. The smallest absolute Gasteiger partial charge is 0.0967 e. The maximum Gasteiger partial charge on any atom is 0.0967 e. The Bertz CT molecular complexity index is 273. The van der Waals surface area contributed by atoms with Crippen molar-refractivity contribution in [2.75, 3.05) is 154 Å². The van der Waals surface area contributed by atoms with Crippen LogP contribution in [0.4, 0.5) is 0 Å². The van der Waals surface area contributed by atoms with E-state index in [1.165, 1.54) is 0 Å². The number of hydrogen-bond acceptors (Lipinski definition) is 11. The third-order valence-electron chi connectivity index (χ3n) is 3.33. The lowest BCUT2D eigenvalue weighted by molar-refractivity contribution is -0.00380. The molecule has 0 amide bonds. The van der Waals surface area contributed by atoms with Crippen molar-refractivity contribution in [3.63, 3.8) is 0 Å². The van der Waals surface area contributed by atoms with E-state index in [1.807, 2.05) is 0 Å². The van der Waals surface area contributed by atoms with Gasteiger partial charge in [0.15, 0.2) is 0 Å². The van der Waals surface area contributed by atoms with Crippen LogP contribution in [0.2, 0.25) is 0 Å². The van der Waals surface area contributed by atoms with Gasteiger partial charge in [0.05, 0.1) is 111 Å². The highest BCUT2D eigenvalue weighted by Gasteiger charge is 1.91. The lowest BCUT2D eigenvalue weighted by Crippen LogP contribution is -2.12. The van der Waals surface area contributed by atoms with Crippen molar-refractivity contribution in [1.29, 1.82) is 0 Å². The molecular weight excluding hydrogens is 523 g/mol. The second-order valence-electron chi connectivity index (χ2n) is 6.12. The second kappa shape index (κ2) is 51.7. The fraction of sp³-hybridized carbons (Fsp3) is 1.00. The van der Waals surface area contributed by atoms with Crippen molar-refractivity contribution in [2.45, 2.75) is 0 Å². The van der Waals surface area contributed by atoms with Crippen LogP contribution < -0.4 is 0 Å². The van der Waals surface area contributed by atoms with Gasteiger partial charge in [-0.2, -0.15) is 0 Å². The van der Waals surface area contributed by atoms with Crippen LogP contribution in [0.25, 0.3) is 0 Å². The highest BCUT2D eigenvalue weighted by Crippen LogP contribution is 1.82. The van der Waals surface area contributed by atoms with Gasteiger partial charge in [-0.3, -0.25) is 0 Å². The van der Waals surface area contributed by atoms with E-state index in [0.29, 0.717) is 106 Å². The highest BCUT2D eigenvalue weighted by atomic mass is 35.5. The molecule has 0 heterocycles. The Hall–Kier alpha value is 0.140. The number of alkyl halides is 2. The van der Waals surface area contributed by atoms with Gasteiger partial charge >= 0.3 is 0 Å². The molecule has 0 aliphatic carbocycles. The van der Waals surface area contributed by atoms with Crippen LogP contribution in [0.1, 0.15) is 0 Å². The SMILES string of the molecule is COCCOCCOC.COCCOCCOC.COCCOCCOCCOCCOC.ClCCl. The molecule has 0 unspecified atom stereocenters. The van der Waals surface area contributed by atoms with E-state index >= 15 is 0 Å². The zero-order chi connectivity index (χ0) is 27.8. The Morgan fingerprint density at radius 2 is 0.389 bits per heavy atom. The van der Waals surface area contributed by atoms with Crippen molar-refractivity contribution in [1.82, 2.24) is 0 Å². The molecule has 0 aromatic rings. The third-order valence-corrected chi connectivity index (χ3v) is 3.33. The molecule has 0 atom stereocenters. The normalized spacial score (nSPS) is 10.0. The summed E-state index contributed by atoms with van der Waals surface area (Å²) in [6.45, 7) is 10.1. The molecule has 224 valence electrons. The fourth-order valence-corrected chi connectivity index (χ4v) is 1.60. The summed E-state index contributed by atoms with van der Waals surface area (Å²) in [5, 5.41) is 0.194. The van der Waals surface area contributed by atoms with Gasteiger partial charge < -0.3 is 52.1 Å². The lowest BCUT2D eigenvalue weighted by Gasteiger charge is -2.06. The average Bonchev–Trinajstić information content (AvgIpc) is 2.88. The van der Waals surface area contributed by atoms with E-state index in [1.54, 1.807) is 42.7 Å². The first kappa shape index (κ1) is 43.2. The molecule has 0 aliphatic rings. The number of methoxy groups -OCH3 is 6. The summed E-state index contributed by atoms with van der Waals surface area (Å²) in [6, 6.07) is 0. The summed E-state index contributed by atoms with van der Waals surface area (Å²) in [4.78, 5) is 0. The van der Waals surface area contributed by atoms with E-state index in [9.17, 15) is 0 Å². The summed E-state index contributed by atoms with van der Waals surface area (Å²) in [6.07, 6.45) is 0. The van der Waals surface area contributed by atoms with Gasteiger partial charge in [0.25, 0.3) is 0 Å². The Morgan fingerprint density at radius 1 is 0.278 bits per heavy atom. The predicted molar refractivity (Wildman–Crippen MR) is 142 cm³/mol. The number of ether oxygens (including phenoxy) is 11. The van der Waals surface area contributed by atoms with Gasteiger partial charge in [0.1, 0.15) is 0 Å². The maximum atomic E-state index is 5.26. The quantitative estimate of drug-likeness (QED) is 0.125. The summed E-state index contributed by atoms with van der Waals surface area (Å²) < 4.78 is 54.5. The van der Waals surface area contributed by atoms with Gasteiger partial charge in [0, 0.05) is 42.7 Å². The minimum absolute atomic E-state index is 0.194. The predicted octanol–water partition coefficient (Wildman–Crippen LogP) is 2.34. The van der Waals surface area contributed by atoms with Crippen molar-refractivity contribution in [3.8, 4) is 0 Å². The monoisotopic (exact) mass is 574 g/mol. The van der Waals surface area contributed by atoms with Gasteiger partial charge in [-0.05, 0) is 0 Å². The van der Waals surface area contributed by atoms with Crippen LogP contribution in [0.5, 0.6) is 0 Å². The van der Waals surface area contributed by atoms with Crippen LogP contribution in [0, 0.1) is 0 Å². The van der Waals surface area contributed by atoms with E-state index < -0.39 is 0 Å².